The summed E-state index contributed by atoms with van der Waals surface area (Å²) in [5, 5.41) is 4.50. The normalized spacial score (nSPS) is 14.3. The van der Waals surface area contributed by atoms with Crippen LogP contribution in [0.5, 0.6) is 0 Å². The maximum absolute atomic E-state index is 7.37. The minimum absolute atomic E-state index is 0. The van der Waals surface area contributed by atoms with Crippen LogP contribution in [0.25, 0.3) is 12.2 Å². The summed E-state index contributed by atoms with van der Waals surface area (Å²) in [6.07, 6.45) is 10.6. The molecule has 4 heteroatoms. The Bertz CT molecular complexity index is 3180. The average Bonchev–Trinajstić information content (AvgIpc) is 3.56. The zero-order chi connectivity index (χ0) is 60.2. The first kappa shape index (κ1) is 69.8. The molecule has 2 aliphatic carbocycles. The summed E-state index contributed by atoms with van der Waals surface area (Å²) in [7, 11) is 0. The molecule has 8 aromatic rings. The lowest BCUT2D eigenvalue weighted by molar-refractivity contribution is -0.278. The Morgan fingerprint density at radius 2 is 0.756 bits per heavy atom. The smallest absolute Gasteiger partial charge is 0.105 e. The summed E-state index contributed by atoms with van der Waals surface area (Å²) in [6.45, 7) is 34.5. The molecule has 2 aliphatic rings. The Labute approximate surface area is 523 Å². The first-order valence-electron chi connectivity index (χ1n) is 31.0. The van der Waals surface area contributed by atoms with Gasteiger partial charge in [0, 0.05) is 11.1 Å². The molecule has 10 rings (SSSR count). The van der Waals surface area contributed by atoms with E-state index in [2.05, 4.69) is 288 Å². The van der Waals surface area contributed by atoms with Crippen LogP contribution in [0.4, 0.5) is 0 Å². The van der Waals surface area contributed by atoms with Crippen LogP contribution < -0.4 is 0 Å². The summed E-state index contributed by atoms with van der Waals surface area (Å²) in [5.74, 6) is 1.62. The van der Waals surface area contributed by atoms with E-state index >= 15 is 0 Å². The zero-order valence-corrected chi connectivity index (χ0v) is 52.9. The van der Waals surface area contributed by atoms with Crippen LogP contribution in [-0.4, -0.2) is 21.2 Å². The van der Waals surface area contributed by atoms with Gasteiger partial charge in [-0.2, -0.15) is 10.1 Å². The molecule has 0 saturated carbocycles. The van der Waals surface area contributed by atoms with Gasteiger partial charge >= 0.3 is 0 Å². The van der Waals surface area contributed by atoms with Gasteiger partial charge in [0.1, 0.15) is 12.2 Å². The first-order valence-corrected chi connectivity index (χ1v) is 31.0. The van der Waals surface area contributed by atoms with Crippen molar-refractivity contribution in [1.29, 1.82) is 0 Å². The maximum atomic E-state index is 7.37. The number of hydrogen-bond donors (Lipinski definition) is 0. The Morgan fingerprint density at radius 1 is 0.384 bits per heavy atom. The maximum Gasteiger partial charge on any atom is 0.105 e. The van der Waals surface area contributed by atoms with Crippen molar-refractivity contribution < 1.29 is 9.68 Å². The molecule has 8 aromatic carbocycles. The standard InChI is InChI=1S/C40H49NO.C22H31NO.C10H10.C8H8.2CH4/c1-29(2)39(34-20-14-9-15-21-34)41(40(4,5)6)42-38(36-25-23-33-22-24-35(33)27-36)28-37(32-18-12-8-13-19-32)26-30(3)31-16-10-7-11-17-31;1-17(2)21(20-15-11-8-12-16-20)23(22(4,5)6)24-18(3)19-13-9-7-10-14-19;1-2-8-3-4-9-5-6-10(9)7-8;1-2-8-6-4-3-5-7-8;;/h7-21,23,25,27,29-30,37-39H,22,24,26,28H2,1-6H3;7-18,21H,1-6H3;2-4,7H,1,5-6H2;2-7H,1H2;2*1H4. The summed E-state index contributed by atoms with van der Waals surface area (Å²) >= 11 is 0. The quantitative estimate of drug-likeness (QED) is 0.0710. The third-order valence-electron chi connectivity index (χ3n) is 16.4. The largest absolute Gasteiger partial charge is 0.290 e. The lowest BCUT2D eigenvalue weighted by atomic mass is 9.80. The van der Waals surface area contributed by atoms with E-state index in [9.17, 15) is 0 Å². The molecule has 0 aliphatic heterocycles. The van der Waals surface area contributed by atoms with Gasteiger partial charge < -0.3 is 0 Å². The molecule has 0 heterocycles. The van der Waals surface area contributed by atoms with Gasteiger partial charge in [-0.3, -0.25) is 9.68 Å². The van der Waals surface area contributed by atoms with Crippen LogP contribution in [0.3, 0.4) is 0 Å². The molecule has 0 bridgehead atoms. The third kappa shape index (κ3) is 20.1. The summed E-state index contributed by atoms with van der Waals surface area (Å²) in [4.78, 5) is 13.9. The molecule has 456 valence electrons. The van der Waals surface area contributed by atoms with Gasteiger partial charge in [0.2, 0.25) is 0 Å². The third-order valence-corrected chi connectivity index (χ3v) is 16.4. The molecule has 0 saturated heterocycles. The van der Waals surface area contributed by atoms with Crippen LogP contribution in [-0.2, 0) is 35.4 Å². The van der Waals surface area contributed by atoms with E-state index in [1.165, 1.54) is 92.4 Å². The highest BCUT2D eigenvalue weighted by Gasteiger charge is 2.38. The molecule has 0 spiro atoms. The monoisotopic (exact) mass is 1150 g/mol. The fourth-order valence-corrected chi connectivity index (χ4v) is 11.5. The molecule has 6 unspecified atom stereocenters. The van der Waals surface area contributed by atoms with Crippen molar-refractivity contribution in [3.8, 4) is 0 Å². The Kier molecular flexibility index (Phi) is 27.5. The van der Waals surface area contributed by atoms with Crippen molar-refractivity contribution in [2.45, 2.75) is 184 Å². The lowest BCUT2D eigenvalue weighted by Crippen LogP contribution is -2.46. The highest BCUT2D eigenvalue weighted by Crippen LogP contribution is 2.44. The topological polar surface area (TPSA) is 24.9 Å². The fourth-order valence-electron chi connectivity index (χ4n) is 11.5. The van der Waals surface area contributed by atoms with E-state index in [1.807, 2.05) is 48.6 Å². The predicted octanol–water partition coefficient (Wildman–Crippen LogP) is 22.8. The van der Waals surface area contributed by atoms with Crippen LogP contribution in [0, 0.1) is 11.8 Å². The first-order chi connectivity index (χ1) is 40.3. The number of nitrogens with zero attached hydrogens (tertiary/aromatic N) is 2. The van der Waals surface area contributed by atoms with Crippen LogP contribution in [0.2, 0.25) is 0 Å². The van der Waals surface area contributed by atoms with Gasteiger partial charge in [-0.05, 0) is 177 Å². The SMILES string of the molecule is C.C.C=Cc1ccc2c(c1)CC2.C=Cc1ccccc1.CC(CC(CC(ON(C(c1ccccc1)C(C)C)C(C)(C)C)c1ccc2c(c1)CC2)c1ccccc1)c1ccccc1.CC(ON(C(c1ccccc1)C(C)C)C(C)(C)C)c1ccccc1. The molecule has 0 N–H and O–H groups in total. The molecule has 4 nitrogen and oxygen atoms in total. The Morgan fingerprint density at radius 3 is 1.13 bits per heavy atom. The van der Waals surface area contributed by atoms with Gasteiger partial charge in [0.15, 0.2) is 0 Å². The number of hydroxylamine groups is 4. The van der Waals surface area contributed by atoms with Crippen LogP contribution in [0.1, 0.15) is 214 Å². The molecule has 0 fully saturated rings. The van der Waals surface area contributed by atoms with Gasteiger partial charge in [-0.15, -0.1) is 0 Å². The number of rotatable bonds is 20. The second-order valence-corrected chi connectivity index (χ2v) is 25.7. The highest BCUT2D eigenvalue weighted by atomic mass is 16.7. The second kappa shape index (κ2) is 33.8. The van der Waals surface area contributed by atoms with E-state index in [1.54, 1.807) is 0 Å². The highest BCUT2D eigenvalue weighted by molar-refractivity contribution is 5.52. The summed E-state index contributed by atoms with van der Waals surface area (Å²) < 4.78 is 0. The van der Waals surface area contributed by atoms with E-state index < -0.39 is 0 Å². The van der Waals surface area contributed by atoms with Gasteiger partial charge in [0.05, 0.1) is 12.1 Å². The molecule has 86 heavy (non-hydrogen) atoms. The number of fused-ring (bicyclic) bond motifs is 2. The van der Waals surface area contributed by atoms with Gasteiger partial charge in [-0.1, -0.05) is 293 Å². The Balaban J connectivity index is 0.000000254. The molecule has 0 aromatic heterocycles. The van der Waals surface area contributed by atoms with Crippen molar-refractivity contribution in [3.05, 3.63) is 298 Å². The van der Waals surface area contributed by atoms with E-state index in [-0.39, 0.29) is 50.2 Å². The molecular weight excluding hydrogens is 1040 g/mol. The van der Waals surface area contributed by atoms with Gasteiger partial charge in [0.25, 0.3) is 0 Å². The Hall–Kier alpha value is -6.92. The van der Waals surface area contributed by atoms with Crippen LogP contribution in [0.15, 0.2) is 232 Å². The minimum atomic E-state index is -0.192. The molecular formula is C82H106N2O2. The predicted molar refractivity (Wildman–Crippen MR) is 372 cm³/mol. The van der Waals surface area contributed by atoms with E-state index in [4.69, 9.17) is 9.68 Å². The van der Waals surface area contributed by atoms with Gasteiger partial charge in [-0.25, -0.2) is 0 Å². The summed E-state index contributed by atoms with van der Waals surface area (Å²) in [6, 6.07) is 78.1. The second-order valence-electron chi connectivity index (χ2n) is 25.7. The zero-order valence-electron chi connectivity index (χ0n) is 52.9. The van der Waals surface area contributed by atoms with Crippen molar-refractivity contribution in [2.24, 2.45) is 11.8 Å². The van der Waals surface area contributed by atoms with Crippen molar-refractivity contribution >= 4 is 12.2 Å². The van der Waals surface area contributed by atoms with E-state index in [0.29, 0.717) is 23.7 Å². The lowest BCUT2D eigenvalue weighted by Gasteiger charge is -2.45. The molecule has 0 amide bonds. The van der Waals surface area contributed by atoms with Crippen LogP contribution >= 0.6 is 0 Å². The number of benzene rings is 8. The molecule has 0 radical (unpaired) electrons. The average molecular weight is 1150 g/mol. The summed E-state index contributed by atoms with van der Waals surface area (Å²) in [5.41, 5.74) is 16.0. The van der Waals surface area contributed by atoms with Crippen molar-refractivity contribution in [3.63, 3.8) is 0 Å². The van der Waals surface area contributed by atoms with E-state index in [0.717, 1.165) is 12.8 Å². The number of hydrogen-bond acceptors (Lipinski definition) is 4. The number of aryl methyl sites for hydroxylation is 4. The fraction of sp³-hybridized carbons (Fsp3) is 0.366. The molecule has 6 atom stereocenters. The minimum Gasteiger partial charge on any atom is -0.290 e. The van der Waals surface area contributed by atoms with Crippen molar-refractivity contribution in [2.75, 3.05) is 0 Å². The van der Waals surface area contributed by atoms with Crippen molar-refractivity contribution in [1.82, 2.24) is 10.1 Å².